The second kappa shape index (κ2) is 3.47. The van der Waals surface area contributed by atoms with E-state index in [1.54, 1.807) is 12.4 Å². The molecule has 0 aliphatic heterocycles. The first-order valence-corrected chi connectivity index (χ1v) is 5.85. The third kappa shape index (κ3) is 1.60. The number of ketones is 1. The van der Waals surface area contributed by atoms with Gasteiger partial charge in [0.15, 0.2) is 11.6 Å². The molecule has 0 saturated heterocycles. The van der Waals surface area contributed by atoms with Crippen molar-refractivity contribution in [2.45, 2.75) is 32.1 Å². The lowest BCUT2D eigenvalue weighted by Crippen LogP contribution is -2.16. The van der Waals surface area contributed by atoms with E-state index in [4.69, 9.17) is 0 Å². The van der Waals surface area contributed by atoms with E-state index in [2.05, 4.69) is 9.97 Å². The highest BCUT2D eigenvalue weighted by atomic mass is 16.1. The van der Waals surface area contributed by atoms with E-state index in [-0.39, 0.29) is 5.78 Å². The van der Waals surface area contributed by atoms with Crippen LogP contribution in [-0.2, 0) is 0 Å². The first kappa shape index (κ1) is 9.13. The van der Waals surface area contributed by atoms with Crippen molar-refractivity contribution in [1.29, 1.82) is 0 Å². The zero-order valence-electron chi connectivity index (χ0n) is 8.78. The van der Waals surface area contributed by atoms with Gasteiger partial charge in [0.25, 0.3) is 0 Å². The highest BCUT2D eigenvalue weighted by Gasteiger charge is 2.40. The van der Waals surface area contributed by atoms with E-state index in [0.717, 1.165) is 11.8 Å². The summed E-state index contributed by atoms with van der Waals surface area (Å²) >= 11 is 0. The second-order valence-corrected chi connectivity index (χ2v) is 5.00. The fourth-order valence-electron chi connectivity index (χ4n) is 3.38. The van der Waals surface area contributed by atoms with Gasteiger partial charge in [-0.3, -0.25) is 4.79 Å². The van der Waals surface area contributed by atoms with Crippen LogP contribution in [0.4, 0.5) is 0 Å². The molecule has 80 valence electrons. The summed E-state index contributed by atoms with van der Waals surface area (Å²) in [5.41, 5.74) is 0. The van der Waals surface area contributed by atoms with Crippen LogP contribution >= 0.6 is 0 Å². The molecule has 2 aliphatic carbocycles. The van der Waals surface area contributed by atoms with Gasteiger partial charge in [-0.05, 0) is 37.0 Å². The molecule has 2 saturated carbocycles. The first-order valence-electron chi connectivity index (χ1n) is 5.85. The molecule has 1 heterocycles. The summed E-state index contributed by atoms with van der Waals surface area (Å²) in [4.78, 5) is 18.8. The summed E-state index contributed by atoms with van der Waals surface area (Å²) < 4.78 is 0. The van der Waals surface area contributed by atoms with Gasteiger partial charge in [0.1, 0.15) is 0 Å². The summed E-state index contributed by atoms with van der Waals surface area (Å²) in [6.07, 6.45) is 9.46. The number of hydrogen-bond acceptors (Lipinski definition) is 2. The molecule has 2 fully saturated rings. The van der Waals surface area contributed by atoms with Crippen LogP contribution in [0, 0.1) is 17.8 Å². The summed E-state index contributed by atoms with van der Waals surface area (Å²) in [5.74, 6) is 3.12. The molecule has 0 radical (unpaired) electrons. The number of Topliss-reactive ketones (excluding diaryl/α,β-unsaturated/α-hetero) is 1. The van der Waals surface area contributed by atoms with Crippen molar-refractivity contribution in [1.82, 2.24) is 9.97 Å². The lowest BCUT2D eigenvalue weighted by Gasteiger charge is -2.20. The number of carbonyl (C=O) groups is 1. The predicted molar refractivity (Wildman–Crippen MR) is 56.5 cm³/mol. The minimum absolute atomic E-state index is 0.192. The highest BCUT2D eigenvalue weighted by Crippen LogP contribution is 2.49. The monoisotopic (exact) mass is 204 g/mol. The molecule has 3 rings (SSSR count). The van der Waals surface area contributed by atoms with Crippen molar-refractivity contribution in [3.8, 4) is 0 Å². The first-order chi connectivity index (χ1) is 7.33. The van der Waals surface area contributed by atoms with Crippen molar-refractivity contribution >= 4 is 5.78 Å². The van der Waals surface area contributed by atoms with Crippen molar-refractivity contribution in [3.05, 3.63) is 18.2 Å². The van der Waals surface area contributed by atoms with Gasteiger partial charge in [0, 0.05) is 18.8 Å². The maximum Gasteiger partial charge on any atom is 0.198 e. The van der Waals surface area contributed by atoms with Gasteiger partial charge in [-0.25, -0.2) is 4.98 Å². The Kier molecular flexibility index (Phi) is 2.11. The van der Waals surface area contributed by atoms with E-state index >= 15 is 0 Å². The average molecular weight is 204 g/mol. The third-order valence-electron chi connectivity index (χ3n) is 4.09. The zero-order valence-corrected chi connectivity index (χ0v) is 8.78. The predicted octanol–water partition coefficient (Wildman–Crippen LogP) is 2.42. The quantitative estimate of drug-likeness (QED) is 0.768. The molecule has 2 bridgehead atoms. The number of rotatable bonds is 3. The lowest BCUT2D eigenvalue weighted by atomic mass is 9.85. The number of aromatic amines is 1. The van der Waals surface area contributed by atoms with Gasteiger partial charge in [-0.1, -0.05) is 6.42 Å². The zero-order chi connectivity index (χ0) is 10.3. The molecule has 1 aromatic heterocycles. The second-order valence-electron chi connectivity index (χ2n) is 5.00. The number of H-pyrrole nitrogens is 1. The fourth-order valence-corrected chi connectivity index (χ4v) is 3.38. The largest absolute Gasteiger partial charge is 0.342 e. The Morgan fingerprint density at radius 1 is 1.47 bits per heavy atom. The van der Waals surface area contributed by atoms with Gasteiger partial charge >= 0.3 is 0 Å². The van der Waals surface area contributed by atoms with Crippen LogP contribution in [0.2, 0.25) is 0 Å². The molecule has 3 atom stereocenters. The van der Waals surface area contributed by atoms with E-state index in [1.807, 2.05) is 0 Å². The molecule has 0 spiro atoms. The van der Waals surface area contributed by atoms with Crippen molar-refractivity contribution in [2.24, 2.45) is 17.8 Å². The fraction of sp³-hybridized carbons (Fsp3) is 0.667. The summed E-state index contributed by atoms with van der Waals surface area (Å²) in [6, 6.07) is 0. The highest BCUT2D eigenvalue weighted by molar-refractivity contribution is 5.92. The van der Waals surface area contributed by atoms with Crippen LogP contribution in [0.3, 0.4) is 0 Å². The van der Waals surface area contributed by atoms with Crippen LogP contribution in [-0.4, -0.2) is 15.8 Å². The van der Waals surface area contributed by atoms with Gasteiger partial charge < -0.3 is 4.98 Å². The number of nitrogens with zero attached hydrogens (tertiary/aromatic N) is 1. The van der Waals surface area contributed by atoms with Gasteiger partial charge in [0.2, 0.25) is 0 Å². The van der Waals surface area contributed by atoms with Crippen LogP contribution in [0.1, 0.15) is 42.7 Å². The Morgan fingerprint density at radius 3 is 3.00 bits per heavy atom. The minimum atomic E-state index is 0.192. The smallest absolute Gasteiger partial charge is 0.198 e. The number of aromatic nitrogens is 2. The van der Waals surface area contributed by atoms with Crippen molar-refractivity contribution < 1.29 is 4.79 Å². The molecular formula is C12H16N2O. The summed E-state index contributed by atoms with van der Waals surface area (Å²) in [7, 11) is 0. The van der Waals surface area contributed by atoms with Gasteiger partial charge in [-0.2, -0.15) is 0 Å². The number of fused-ring (bicyclic) bond motifs is 2. The molecule has 1 N–H and O–H groups in total. The maximum absolute atomic E-state index is 11.8. The van der Waals surface area contributed by atoms with E-state index < -0.39 is 0 Å². The molecular weight excluding hydrogens is 188 g/mol. The number of hydrogen-bond donors (Lipinski definition) is 1. The third-order valence-corrected chi connectivity index (χ3v) is 4.09. The number of nitrogens with one attached hydrogen (secondary N) is 1. The lowest BCUT2D eigenvalue weighted by molar-refractivity contribution is 0.0935. The molecule has 3 nitrogen and oxygen atoms in total. The topological polar surface area (TPSA) is 45.8 Å². The molecule has 3 heteroatoms. The Hall–Kier alpha value is -1.12. The standard InChI is InChI=1S/C12H16N2O/c15-11(12-13-3-4-14-12)7-10-6-8-1-2-9(10)5-8/h3-4,8-10H,1-2,5-7H2,(H,13,14). The van der Waals surface area contributed by atoms with Crippen LogP contribution < -0.4 is 0 Å². The molecule has 15 heavy (non-hydrogen) atoms. The van der Waals surface area contributed by atoms with E-state index in [0.29, 0.717) is 18.2 Å². The van der Waals surface area contributed by atoms with Crippen LogP contribution in [0.15, 0.2) is 12.4 Å². The Morgan fingerprint density at radius 2 is 2.40 bits per heavy atom. The Balaban J connectivity index is 1.64. The van der Waals surface area contributed by atoms with Gasteiger partial charge in [0.05, 0.1) is 0 Å². The SMILES string of the molecule is O=C(CC1CC2CCC1C2)c1ncc[nH]1. The minimum Gasteiger partial charge on any atom is -0.342 e. The number of carbonyl (C=O) groups excluding carboxylic acids is 1. The summed E-state index contributed by atoms with van der Waals surface area (Å²) in [5, 5.41) is 0. The van der Waals surface area contributed by atoms with Crippen molar-refractivity contribution in [2.75, 3.05) is 0 Å². The van der Waals surface area contributed by atoms with Crippen molar-refractivity contribution in [3.63, 3.8) is 0 Å². The van der Waals surface area contributed by atoms with E-state index in [1.165, 1.54) is 25.7 Å². The Bertz CT molecular complexity index is 358. The van der Waals surface area contributed by atoms with Crippen LogP contribution in [0.5, 0.6) is 0 Å². The molecule has 0 aromatic carbocycles. The normalized spacial score (nSPS) is 33.5. The summed E-state index contributed by atoms with van der Waals surface area (Å²) in [6.45, 7) is 0. The Labute approximate surface area is 89.3 Å². The van der Waals surface area contributed by atoms with Crippen LogP contribution in [0.25, 0.3) is 0 Å². The van der Waals surface area contributed by atoms with E-state index in [9.17, 15) is 4.79 Å². The molecule has 3 unspecified atom stereocenters. The number of imidazole rings is 1. The maximum atomic E-state index is 11.8. The van der Waals surface area contributed by atoms with Gasteiger partial charge in [-0.15, -0.1) is 0 Å². The average Bonchev–Trinajstić information content (AvgIpc) is 2.95. The molecule has 2 aliphatic rings. The molecule has 1 aromatic rings. The molecule has 0 amide bonds.